The Hall–Kier alpha value is 0.300. The number of hydrogen-bond acceptors (Lipinski definition) is 2. The lowest BCUT2D eigenvalue weighted by atomic mass is 10.2. The van der Waals surface area contributed by atoms with E-state index in [9.17, 15) is 0 Å². The van der Waals surface area contributed by atoms with Crippen molar-refractivity contribution in [3.8, 4) is 0 Å². The SMILES string of the molecule is CSC1CCC(NCc2cc(Br)ccc2Cl)C1. The van der Waals surface area contributed by atoms with Crippen LogP contribution in [0.3, 0.4) is 0 Å². The average molecular weight is 335 g/mol. The van der Waals surface area contributed by atoms with E-state index >= 15 is 0 Å². The third kappa shape index (κ3) is 3.88. The van der Waals surface area contributed by atoms with Gasteiger partial charge in [-0.3, -0.25) is 0 Å². The molecule has 1 N–H and O–H groups in total. The molecule has 0 heterocycles. The molecule has 1 aliphatic rings. The molecule has 1 saturated carbocycles. The van der Waals surface area contributed by atoms with Crippen molar-refractivity contribution in [2.24, 2.45) is 0 Å². The molecule has 0 aromatic heterocycles. The summed E-state index contributed by atoms with van der Waals surface area (Å²) in [6, 6.07) is 6.67. The molecule has 2 unspecified atom stereocenters. The summed E-state index contributed by atoms with van der Waals surface area (Å²) < 4.78 is 1.09. The van der Waals surface area contributed by atoms with Gasteiger partial charge >= 0.3 is 0 Å². The van der Waals surface area contributed by atoms with Gasteiger partial charge < -0.3 is 5.32 Å². The third-order valence-electron chi connectivity index (χ3n) is 3.31. The summed E-state index contributed by atoms with van der Waals surface area (Å²) in [5.41, 5.74) is 1.17. The lowest BCUT2D eigenvalue weighted by molar-refractivity contribution is 0.525. The van der Waals surface area contributed by atoms with Crippen molar-refractivity contribution in [2.45, 2.75) is 37.1 Å². The third-order valence-corrected chi connectivity index (χ3v) is 5.26. The molecule has 0 aliphatic heterocycles. The molecular formula is C13H17BrClNS. The molecule has 1 nitrogen and oxygen atoms in total. The Balaban J connectivity index is 1.88. The van der Waals surface area contributed by atoms with Gasteiger partial charge in [0.15, 0.2) is 0 Å². The summed E-state index contributed by atoms with van der Waals surface area (Å²) in [4.78, 5) is 0. The normalized spacial score (nSPS) is 24.2. The Morgan fingerprint density at radius 2 is 2.29 bits per heavy atom. The average Bonchev–Trinajstić information content (AvgIpc) is 2.78. The van der Waals surface area contributed by atoms with Crippen LogP contribution in [0.1, 0.15) is 24.8 Å². The van der Waals surface area contributed by atoms with Crippen molar-refractivity contribution < 1.29 is 0 Å². The summed E-state index contributed by atoms with van der Waals surface area (Å²) in [6.07, 6.45) is 6.12. The first-order valence-electron chi connectivity index (χ1n) is 5.89. The van der Waals surface area contributed by atoms with Gasteiger partial charge in [0.25, 0.3) is 0 Å². The molecule has 0 radical (unpaired) electrons. The minimum Gasteiger partial charge on any atom is -0.310 e. The van der Waals surface area contributed by atoms with Crippen molar-refractivity contribution in [1.82, 2.24) is 5.32 Å². The van der Waals surface area contributed by atoms with Crippen LogP contribution in [-0.2, 0) is 6.54 Å². The van der Waals surface area contributed by atoms with Crippen molar-refractivity contribution in [3.05, 3.63) is 33.3 Å². The molecule has 0 saturated heterocycles. The van der Waals surface area contributed by atoms with E-state index in [1.165, 1.54) is 24.8 Å². The van der Waals surface area contributed by atoms with Crippen LogP contribution in [-0.4, -0.2) is 17.5 Å². The Morgan fingerprint density at radius 3 is 3.00 bits per heavy atom. The molecule has 1 aromatic carbocycles. The Morgan fingerprint density at radius 1 is 1.47 bits per heavy atom. The molecule has 2 atom stereocenters. The smallest absolute Gasteiger partial charge is 0.0451 e. The van der Waals surface area contributed by atoms with Crippen LogP contribution in [0.2, 0.25) is 5.02 Å². The lowest BCUT2D eigenvalue weighted by Gasteiger charge is -2.13. The zero-order valence-electron chi connectivity index (χ0n) is 9.88. The van der Waals surface area contributed by atoms with Gasteiger partial charge in [0.05, 0.1) is 0 Å². The summed E-state index contributed by atoms with van der Waals surface area (Å²) in [5.74, 6) is 0. The van der Waals surface area contributed by atoms with Crippen LogP contribution in [0.4, 0.5) is 0 Å². The zero-order chi connectivity index (χ0) is 12.3. The predicted molar refractivity (Wildman–Crippen MR) is 80.9 cm³/mol. The standard InChI is InChI=1S/C13H17BrClNS/c1-17-12-4-3-11(7-12)16-8-9-6-10(14)2-5-13(9)15/h2,5-6,11-12,16H,3-4,7-8H2,1H3. The maximum atomic E-state index is 6.17. The zero-order valence-corrected chi connectivity index (χ0v) is 13.0. The van der Waals surface area contributed by atoms with Crippen molar-refractivity contribution in [3.63, 3.8) is 0 Å². The van der Waals surface area contributed by atoms with Crippen molar-refractivity contribution in [2.75, 3.05) is 6.26 Å². The number of rotatable bonds is 4. The van der Waals surface area contributed by atoms with Crippen LogP contribution in [0.25, 0.3) is 0 Å². The van der Waals surface area contributed by atoms with Crippen LogP contribution < -0.4 is 5.32 Å². The highest BCUT2D eigenvalue weighted by Crippen LogP contribution is 2.29. The minimum atomic E-state index is 0.655. The predicted octanol–water partition coefficient (Wildman–Crippen LogP) is 4.48. The fraction of sp³-hybridized carbons (Fsp3) is 0.538. The van der Waals surface area contributed by atoms with Gasteiger partial charge in [0, 0.05) is 27.3 Å². The van der Waals surface area contributed by atoms with Crippen LogP contribution in [0.5, 0.6) is 0 Å². The second kappa shape index (κ2) is 6.46. The van der Waals surface area contributed by atoms with Crippen molar-refractivity contribution in [1.29, 1.82) is 0 Å². The molecule has 2 rings (SSSR count). The first-order valence-corrected chi connectivity index (χ1v) is 8.35. The molecule has 1 fully saturated rings. The molecule has 0 amide bonds. The molecule has 0 spiro atoms. The number of hydrogen-bond donors (Lipinski definition) is 1. The first kappa shape index (κ1) is 13.7. The van der Waals surface area contributed by atoms with Gasteiger partial charge in [0.1, 0.15) is 0 Å². The van der Waals surface area contributed by atoms with E-state index in [1.54, 1.807) is 0 Å². The second-order valence-electron chi connectivity index (χ2n) is 4.48. The van der Waals surface area contributed by atoms with Gasteiger partial charge in [-0.25, -0.2) is 0 Å². The molecule has 4 heteroatoms. The molecule has 17 heavy (non-hydrogen) atoms. The van der Waals surface area contributed by atoms with Gasteiger partial charge in [-0.2, -0.15) is 11.8 Å². The van der Waals surface area contributed by atoms with Crippen LogP contribution in [0.15, 0.2) is 22.7 Å². The van der Waals surface area contributed by atoms with E-state index < -0.39 is 0 Å². The number of thioether (sulfide) groups is 1. The fourth-order valence-corrected chi connectivity index (χ4v) is 3.66. The Kier molecular flexibility index (Phi) is 5.22. The van der Waals surface area contributed by atoms with Crippen LogP contribution in [0, 0.1) is 0 Å². The summed E-state index contributed by atoms with van der Waals surface area (Å²) in [6.45, 7) is 0.865. The fourth-order valence-electron chi connectivity index (χ4n) is 2.27. The lowest BCUT2D eigenvalue weighted by Crippen LogP contribution is -2.26. The number of halogens is 2. The first-order chi connectivity index (χ1) is 8.19. The van der Waals surface area contributed by atoms with Crippen molar-refractivity contribution >= 4 is 39.3 Å². The van der Waals surface area contributed by atoms with E-state index in [1.807, 2.05) is 23.9 Å². The highest BCUT2D eigenvalue weighted by Gasteiger charge is 2.23. The highest BCUT2D eigenvalue weighted by molar-refractivity contribution is 9.10. The molecule has 94 valence electrons. The van der Waals surface area contributed by atoms with E-state index in [0.29, 0.717) is 6.04 Å². The second-order valence-corrected chi connectivity index (χ2v) is 6.95. The van der Waals surface area contributed by atoms with E-state index in [-0.39, 0.29) is 0 Å². The van der Waals surface area contributed by atoms with Gasteiger partial charge in [-0.1, -0.05) is 27.5 Å². The number of benzene rings is 1. The van der Waals surface area contributed by atoms with E-state index in [0.717, 1.165) is 21.3 Å². The van der Waals surface area contributed by atoms with Gasteiger partial charge in [-0.05, 0) is 49.3 Å². The monoisotopic (exact) mass is 333 g/mol. The summed E-state index contributed by atoms with van der Waals surface area (Å²) in [5, 5.41) is 5.30. The summed E-state index contributed by atoms with van der Waals surface area (Å²) in [7, 11) is 0. The minimum absolute atomic E-state index is 0.655. The quantitative estimate of drug-likeness (QED) is 0.871. The molecule has 1 aliphatic carbocycles. The van der Waals surface area contributed by atoms with Gasteiger partial charge in [-0.15, -0.1) is 0 Å². The number of nitrogens with one attached hydrogen (secondary N) is 1. The van der Waals surface area contributed by atoms with E-state index in [2.05, 4.69) is 33.6 Å². The summed E-state index contributed by atoms with van der Waals surface area (Å²) >= 11 is 11.6. The highest BCUT2D eigenvalue weighted by atomic mass is 79.9. The maximum Gasteiger partial charge on any atom is 0.0451 e. The van der Waals surface area contributed by atoms with Gasteiger partial charge in [0.2, 0.25) is 0 Å². The van der Waals surface area contributed by atoms with E-state index in [4.69, 9.17) is 11.6 Å². The Labute approximate surface area is 121 Å². The molecule has 0 bridgehead atoms. The topological polar surface area (TPSA) is 12.0 Å². The molecule has 1 aromatic rings. The van der Waals surface area contributed by atoms with Crippen LogP contribution >= 0.6 is 39.3 Å². The largest absolute Gasteiger partial charge is 0.310 e. The maximum absolute atomic E-state index is 6.17. The Bertz CT molecular complexity index is 386. The molecular weight excluding hydrogens is 318 g/mol.